The zero-order chi connectivity index (χ0) is 18.0. The molecule has 1 aliphatic heterocycles. The molecule has 3 rings (SSSR count). The molecule has 7 nitrogen and oxygen atoms in total. The topological polar surface area (TPSA) is 96.9 Å². The molecule has 1 saturated heterocycles. The zero-order valence-electron chi connectivity index (χ0n) is 13.8. The first-order valence-electron chi connectivity index (χ1n) is 7.74. The van der Waals surface area contributed by atoms with Gasteiger partial charge in [0.05, 0.1) is 17.0 Å². The second-order valence-electron chi connectivity index (χ2n) is 5.66. The number of carbonyl (C=O) groups excluding carboxylic acids is 1. The molecule has 0 bridgehead atoms. The smallest absolute Gasteiger partial charge is 0.257 e. The molecular formula is C16H19Cl2N3O4S. The summed E-state index contributed by atoms with van der Waals surface area (Å²) < 4.78 is 31.8. The Hall–Kier alpha value is -1.58. The van der Waals surface area contributed by atoms with Crippen LogP contribution in [0.15, 0.2) is 45.9 Å². The average molecular weight is 420 g/mol. The quantitative estimate of drug-likeness (QED) is 0.816. The highest BCUT2D eigenvalue weighted by Crippen LogP contribution is 2.20. The number of benzene rings is 1. The molecule has 1 fully saturated rings. The van der Waals surface area contributed by atoms with Crippen molar-refractivity contribution in [3.05, 3.63) is 52.9 Å². The van der Waals surface area contributed by atoms with Crippen LogP contribution < -0.4 is 5.73 Å². The monoisotopic (exact) mass is 419 g/mol. The van der Waals surface area contributed by atoms with Crippen LogP contribution in [0.3, 0.4) is 0 Å². The molecule has 1 aromatic carbocycles. The van der Waals surface area contributed by atoms with E-state index in [1.54, 1.807) is 23.1 Å². The molecule has 0 spiro atoms. The van der Waals surface area contributed by atoms with Gasteiger partial charge in [0, 0.05) is 31.2 Å². The van der Waals surface area contributed by atoms with E-state index < -0.39 is 10.0 Å². The highest BCUT2D eigenvalue weighted by Gasteiger charge is 2.30. The van der Waals surface area contributed by atoms with Gasteiger partial charge < -0.3 is 15.1 Å². The predicted octanol–water partition coefficient (Wildman–Crippen LogP) is 1.96. The summed E-state index contributed by atoms with van der Waals surface area (Å²) in [4.78, 5) is 14.2. The van der Waals surface area contributed by atoms with Gasteiger partial charge in [-0.2, -0.15) is 4.31 Å². The SMILES string of the molecule is Cl.NCc1cc(C(=O)N2CCN(S(=O)(=O)c3ccc(Cl)cc3)CC2)co1. The first-order valence-corrected chi connectivity index (χ1v) is 9.56. The van der Waals surface area contributed by atoms with Gasteiger partial charge in [-0.05, 0) is 30.3 Å². The lowest BCUT2D eigenvalue weighted by atomic mass is 10.2. The fourth-order valence-corrected chi connectivity index (χ4v) is 4.22. The third-order valence-corrected chi connectivity index (χ3v) is 6.24. The molecule has 0 aliphatic carbocycles. The molecule has 26 heavy (non-hydrogen) atoms. The van der Waals surface area contributed by atoms with E-state index in [4.69, 9.17) is 21.8 Å². The lowest BCUT2D eigenvalue weighted by Gasteiger charge is -2.33. The minimum Gasteiger partial charge on any atom is -0.467 e. The van der Waals surface area contributed by atoms with Crippen LogP contribution in [0.1, 0.15) is 16.1 Å². The Balaban J connectivity index is 0.00000243. The molecule has 2 aromatic rings. The number of sulfonamides is 1. The lowest BCUT2D eigenvalue weighted by Crippen LogP contribution is -2.50. The van der Waals surface area contributed by atoms with Crippen LogP contribution in [-0.4, -0.2) is 49.7 Å². The summed E-state index contributed by atoms with van der Waals surface area (Å²) >= 11 is 5.80. The number of amides is 1. The molecule has 142 valence electrons. The summed E-state index contributed by atoms with van der Waals surface area (Å²) in [6, 6.07) is 7.66. The predicted molar refractivity (Wildman–Crippen MR) is 100.0 cm³/mol. The summed E-state index contributed by atoms with van der Waals surface area (Å²) in [6.45, 7) is 1.32. The standard InChI is InChI=1S/C16H18ClN3O4S.ClH/c17-13-1-3-15(4-2-13)25(22,23)20-7-5-19(6-8-20)16(21)12-9-14(10-18)24-11-12;/h1-4,9,11H,5-8,10,18H2;1H. The van der Waals surface area contributed by atoms with Crippen LogP contribution in [0.5, 0.6) is 0 Å². The Labute approximate surface area is 163 Å². The van der Waals surface area contributed by atoms with Gasteiger partial charge >= 0.3 is 0 Å². The Kier molecular flexibility index (Phi) is 6.70. The van der Waals surface area contributed by atoms with Crippen molar-refractivity contribution in [3.63, 3.8) is 0 Å². The van der Waals surface area contributed by atoms with E-state index in [1.807, 2.05) is 0 Å². The minimum absolute atomic E-state index is 0. The molecule has 1 aliphatic rings. The molecule has 0 unspecified atom stereocenters. The van der Waals surface area contributed by atoms with E-state index in [2.05, 4.69) is 0 Å². The van der Waals surface area contributed by atoms with Crippen molar-refractivity contribution >= 4 is 39.9 Å². The molecular weight excluding hydrogens is 401 g/mol. The molecule has 1 amide bonds. The van der Waals surface area contributed by atoms with E-state index in [9.17, 15) is 13.2 Å². The first kappa shape index (κ1) is 20.7. The minimum atomic E-state index is -3.59. The maximum Gasteiger partial charge on any atom is 0.257 e. The highest BCUT2D eigenvalue weighted by molar-refractivity contribution is 7.89. The first-order chi connectivity index (χ1) is 11.9. The van der Waals surface area contributed by atoms with Gasteiger partial charge in [-0.1, -0.05) is 11.6 Å². The molecule has 0 radical (unpaired) electrons. The van der Waals surface area contributed by atoms with Crippen molar-refractivity contribution in [2.75, 3.05) is 26.2 Å². The Morgan fingerprint density at radius 2 is 1.77 bits per heavy atom. The Morgan fingerprint density at radius 1 is 1.15 bits per heavy atom. The third-order valence-electron chi connectivity index (χ3n) is 4.08. The van der Waals surface area contributed by atoms with Gasteiger partial charge in [-0.15, -0.1) is 12.4 Å². The number of hydrogen-bond donors (Lipinski definition) is 1. The van der Waals surface area contributed by atoms with Crippen LogP contribution in [0.2, 0.25) is 5.02 Å². The van der Waals surface area contributed by atoms with Crippen molar-refractivity contribution in [1.29, 1.82) is 0 Å². The second-order valence-corrected chi connectivity index (χ2v) is 8.03. The van der Waals surface area contributed by atoms with E-state index in [1.165, 1.54) is 22.7 Å². The Bertz CT molecular complexity index is 860. The molecule has 1 aromatic heterocycles. The van der Waals surface area contributed by atoms with Crippen molar-refractivity contribution in [1.82, 2.24) is 9.21 Å². The average Bonchev–Trinajstić information content (AvgIpc) is 3.11. The fraction of sp³-hybridized carbons (Fsp3) is 0.312. The van der Waals surface area contributed by atoms with Crippen LogP contribution in [0.4, 0.5) is 0 Å². The van der Waals surface area contributed by atoms with Crippen LogP contribution in [0, 0.1) is 0 Å². The van der Waals surface area contributed by atoms with Crippen molar-refractivity contribution in [2.45, 2.75) is 11.4 Å². The van der Waals surface area contributed by atoms with E-state index in [-0.39, 0.29) is 42.8 Å². The summed E-state index contributed by atoms with van der Waals surface area (Å²) in [7, 11) is -3.59. The number of furan rings is 1. The van der Waals surface area contributed by atoms with E-state index in [0.717, 1.165) is 0 Å². The fourth-order valence-electron chi connectivity index (χ4n) is 2.67. The summed E-state index contributed by atoms with van der Waals surface area (Å²) in [5.41, 5.74) is 5.90. The number of rotatable bonds is 4. The van der Waals surface area contributed by atoms with Gasteiger partial charge in [0.15, 0.2) is 0 Å². The number of nitrogens with two attached hydrogens (primary N) is 1. The van der Waals surface area contributed by atoms with Crippen molar-refractivity contribution in [2.24, 2.45) is 5.73 Å². The number of halogens is 2. The largest absolute Gasteiger partial charge is 0.467 e. The summed E-state index contributed by atoms with van der Waals surface area (Å²) in [5.74, 6) is 0.347. The van der Waals surface area contributed by atoms with Gasteiger partial charge in [0.1, 0.15) is 12.0 Å². The summed E-state index contributed by atoms with van der Waals surface area (Å²) in [5, 5.41) is 0.478. The molecule has 2 heterocycles. The number of piperazine rings is 1. The zero-order valence-corrected chi connectivity index (χ0v) is 16.2. The Morgan fingerprint density at radius 3 is 2.31 bits per heavy atom. The van der Waals surface area contributed by atoms with Crippen molar-refractivity contribution in [3.8, 4) is 0 Å². The highest BCUT2D eigenvalue weighted by atomic mass is 35.5. The normalized spacial score (nSPS) is 15.5. The number of nitrogens with zero attached hydrogens (tertiary/aromatic N) is 2. The maximum absolute atomic E-state index is 12.6. The molecule has 10 heteroatoms. The van der Waals surface area contributed by atoms with E-state index >= 15 is 0 Å². The summed E-state index contributed by atoms with van der Waals surface area (Å²) in [6.07, 6.45) is 1.38. The van der Waals surface area contributed by atoms with Crippen LogP contribution in [-0.2, 0) is 16.6 Å². The van der Waals surface area contributed by atoms with Crippen molar-refractivity contribution < 1.29 is 17.6 Å². The van der Waals surface area contributed by atoms with Gasteiger partial charge in [-0.25, -0.2) is 8.42 Å². The lowest BCUT2D eigenvalue weighted by molar-refractivity contribution is 0.0697. The van der Waals surface area contributed by atoms with E-state index in [0.29, 0.717) is 29.4 Å². The number of hydrogen-bond acceptors (Lipinski definition) is 5. The second kappa shape index (κ2) is 8.41. The van der Waals surface area contributed by atoms with Gasteiger partial charge in [-0.3, -0.25) is 4.79 Å². The molecule has 0 saturated carbocycles. The number of carbonyl (C=O) groups is 1. The van der Waals surface area contributed by atoms with Crippen LogP contribution in [0.25, 0.3) is 0 Å². The molecule has 0 atom stereocenters. The maximum atomic E-state index is 12.6. The van der Waals surface area contributed by atoms with Gasteiger partial charge in [0.25, 0.3) is 5.91 Å². The van der Waals surface area contributed by atoms with Crippen LogP contribution >= 0.6 is 24.0 Å². The van der Waals surface area contributed by atoms with Gasteiger partial charge in [0.2, 0.25) is 10.0 Å². The third kappa shape index (κ3) is 4.21. The molecule has 2 N–H and O–H groups in total.